The molecule has 0 amide bonds. The highest BCUT2D eigenvalue weighted by molar-refractivity contribution is 5.87. The van der Waals surface area contributed by atoms with E-state index in [1.165, 1.54) is 5.56 Å². The summed E-state index contributed by atoms with van der Waals surface area (Å²) in [7, 11) is 0. The molecular weight excluding hydrogens is 358 g/mol. The Morgan fingerprint density at radius 2 is 2.07 bits per heavy atom. The molecule has 28 heavy (non-hydrogen) atoms. The van der Waals surface area contributed by atoms with E-state index in [-0.39, 0.29) is 19.1 Å². The van der Waals surface area contributed by atoms with E-state index in [9.17, 15) is 9.90 Å². The summed E-state index contributed by atoms with van der Waals surface area (Å²) < 4.78 is 9.19. The summed E-state index contributed by atoms with van der Waals surface area (Å²) in [5, 5.41) is 18.8. The van der Waals surface area contributed by atoms with Gasteiger partial charge in [-0.15, -0.1) is 10.2 Å². The van der Waals surface area contributed by atoms with Crippen LogP contribution in [0.25, 0.3) is 10.9 Å². The van der Waals surface area contributed by atoms with Crippen molar-refractivity contribution in [2.24, 2.45) is 0 Å². The van der Waals surface area contributed by atoms with Crippen LogP contribution in [0.1, 0.15) is 29.8 Å². The van der Waals surface area contributed by atoms with Crippen LogP contribution in [0.2, 0.25) is 0 Å². The average Bonchev–Trinajstić information content (AvgIpc) is 3.22. The van der Waals surface area contributed by atoms with Gasteiger partial charge in [0, 0.05) is 36.2 Å². The first kappa shape index (κ1) is 18.6. The molecule has 0 fully saturated rings. The van der Waals surface area contributed by atoms with Crippen LogP contribution in [0.15, 0.2) is 24.3 Å². The van der Waals surface area contributed by atoms with Crippen LogP contribution in [0, 0.1) is 6.92 Å². The van der Waals surface area contributed by atoms with E-state index in [4.69, 9.17) is 4.74 Å². The molecule has 1 aliphatic rings. The molecule has 1 N–H and O–H groups in total. The fourth-order valence-electron chi connectivity index (χ4n) is 3.99. The fraction of sp³-hybridized carbons (Fsp3) is 0.450. The number of hydrogen-bond acceptors (Lipinski definition) is 6. The summed E-state index contributed by atoms with van der Waals surface area (Å²) in [6.45, 7) is 7.46. The quantitative estimate of drug-likeness (QED) is 0.651. The van der Waals surface area contributed by atoms with Crippen molar-refractivity contribution in [2.45, 2.75) is 46.6 Å². The maximum Gasteiger partial charge on any atom is 0.325 e. The Kier molecular flexibility index (Phi) is 5.15. The van der Waals surface area contributed by atoms with E-state index in [0.29, 0.717) is 19.0 Å². The predicted octanol–water partition coefficient (Wildman–Crippen LogP) is 1.61. The monoisotopic (exact) mass is 383 g/mol. The van der Waals surface area contributed by atoms with Gasteiger partial charge in [0.25, 0.3) is 0 Å². The van der Waals surface area contributed by atoms with Crippen LogP contribution < -0.4 is 0 Å². The molecule has 0 saturated carbocycles. The SMILES string of the molecule is CCOC(=O)Cn1c(C)c(CN2CCn3c(CO)nnc3C2)c2ccccc21. The minimum absolute atomic E-state index is 0.0898. The lowest BCUT2D eigenvalue weighted by atomic mass is 10.1. The molecule has 0 spiro atoms. The first-order valence-corrected chi connectivity index (χ1v) is 9.58. The number of aliphatic hydroxyl groups is 1. The summed E-state index contributed by atoms with van der Waals surface area (Å²) in [5.74, 6) is 1.28. The molecule has 148 valence electrons. The van der Waals surface area contributed by atoms with E-state index < -0.39 is 0 Å². The zero-order valence-electron chi connectivity index (χ0n) is 16.3. The van der Waals surface area contributed by atoms with Crippen molar-refractivity contribution in [2.75, 3.05) is 13.2 Å². The van der Waals surface area contributed by atoms with Crippen molar-refractivity contribution in [1.29, 1.82) is 0 Å². The molecule has 0 saturated heterocycles. The normalized spacial score (nSPS) is 14.4. The number of hydrogen-bond donors (Lipinski definition) is 1. The van der Waals surface area contributed by atoms with Gasteiger partial charge >= 0.3 is 5.97 Å². The summed E-state index contributed by atoms with van der Waals surface area (Å²) >= 11 is 0. The van der Waals surface area contributed by atoms with Gasteiger partial charge in [-0.25, -0.2) is 0 Å². The number of carbonyl (C=O) groups is 1. The van der Waals surface area contributed by atoms with Gasteiger partial charge in [-0.05, 0) is 25.5 Å². The maximum atomic E-state index is 12.1. The number of benzene rings is 1. The van der Waals surface area contributed by atoms with Crippen molar-refractivity contribution in [3.8, 4) is 0 Å². The summed E-state index contributed by atoms with van der Waals surface area (Å²) in [4.78, 5) is 14.4. The molecular formula is C20H25N5O3. The second-order valence-corrected chi connectivity index (χ2v) is 7.03. The number of fused-ring (bicyclic) bond motifs is 2. The number of aliphatic hydroxyl groups excluding tert-OH is 1. The number of esters is 1. The number of para-hydroxylation sites is 1. The Labute approximate surface area is 163 Å². The molecule has 3 aromatic rings. The van der Waals surface area contributed by atoms with Crippen molar-refractivity contribution >= 4 is 16.9 Å². The Morgan fingerprint density at radius 3 is 2.86 bits per heavy atom. The van der Waals surface area contributed by atoms with Crippen molar-refractivity contribution < 1.29 is 14.6 Å². The van der Waals surface area contributed by atoms with Crippen LogP contribution in [0.4, 0.5) is 0 Å². The largest absolute Gasteiger partial charge is 0.465 e. The van der Waals surface area contributed by atoms with Crippen LogP contribution in [-0.4, -0.2) is 48.5 Å². The second-order valence-electron chi connectivity index (χ2n) is 7.03. The molecule has 8 heteroatoms. The molecule has 3 heterocycles. The zero-order valence-corrected chi connectivity index (χ0v) is 16.3. The molecule has 0 atom stereocenters. The molecule has 1 aromatic carbocycles. The smallest absolute Gasteiger partial charge is 0.325 e. The first-order valence-electron chi connectivity index (χ1n) is 9.58. The van der Waals surface area contributed by atoms with Gasteiger partial charge in [0.1, 0.15) is 19.0 Å². The lowest BCUT2D eigenvalue weighted by molar-refractivity contribution is -0.143. The number of ether oxygens (including phenoxy) is 1. The summed E-state index contributed by atoms with van der Waals surface area (Å²) in [6, 6.07) is 8.17. The molecule has 0 unspecified atom stereocenters. The van der Waals surface area contributed by atoms with E-state index in [2.05, 4.69) is 28.1 Å². The van der Waals surface area contributed by atoms with Crippen LogP contribution in [-0.2, 0) is 42.3 Å². The molecule has 0 radical (unpaired) electrons. The van der Waals surface area contributed by atoms with E-state index in [1.54, 1.807) is 0 Å². The van der Waals surface area contributed by atoms with Gasteiger partial charge in [0.15, 0.2) is 5.82 Å². The van der Waals surface area contributed by atoms with Gasteiger partial charge in [-0.1, -0.05) is 18.2 Å². The van der Waals surface area contributed by atoms with E-state index in [0.717, 1.165) is 42.1 Å². The minimum atomic E-state index is -0.222. The lowest BCUT2D eigenvalue weighted by Crippen LogP contribution is -2.34. The molecule has 8 nitrogen and oxygen atoms in total. The third-order valence-corrected chi connectivity index (χ3v) is 5.39. The summed E-state index contributed by atoms with van der Waals surface area (Å²) in [6.07, 6.45) is 0. The second kappa shape index (κ2) is 7.73. The Bertz CT molecular complexity index is 1010. The highest BCUT2D eigenvalue weighted by atomic mass is 16.5. The standard InChI is InChI=1S/C20H25N5O3/c1-3-28-20(27)12-25-14(2)16(15-6-4-5-7-17(15)25)10-23-8-9-24-18(11-23)21-22-19(24)13-26/h4-7,26H,3,8-13H2,1-2H3. The molecule has 4 rings (SSSR count). The van der Waals surface area contributed by atoms with Gasteiger partial charge in [0.2, 0.25) is 0 Å². The Balaban J connectivity index is 1.62. The first-order chi connectivity index (χ1) is 13.6. The van der Waals surface area contributed by atoms with Crippen molar-refractivity contribution in [1.82, 2.24) is 24.2 Å². The molecule has 2 aromatic heterocycles. The van der Waals surface area contributed by atoms with Crippen LogP contribution in [0.5, 0.6) is 0 Å². The number of aromatic nitrogens is 4. The van der Waals surface area contributed by atoms with Gasteiger partial charge in [0.05, 0.1) is 13.2 Å². The van der Waals surface area contributed by atoms with Gasteiger partial charge in [-0.3, -0.25) is 9.69 Å². The molecule has 0 bridgehead atoms. The minimum Gasteiger partial charge on any atom is -0.465 e. The third kappa shape index (κ3) is 3.29. The zero-order chi connectivity index (χ0) is 19.7. The number of rotatable bonds is 6. The lowest BCUT2D eigenvalue weighted by Gasteiger charge is -2.27. The predicted molar refractivity (Wildman–Crippen MR) is 103 cm³/mol. The van der Waals surface area contributed by atoms with E-state index >= 15 is 0 Å². The van der Waals surface area contributed by atoms with Gasteiger partial charge in [-0.2, -0.15) is 0 Å². The highest BCUT2D eigenvalue weighted by Crippen LogP contribution is 2.28. The molecule has 0 aliphatic carbocycles. The number of carbonyl (C=O) groups excluding carboxylic acids is 1. The highest BCUT2D eigenvalue weighted by Gasteiger charge is 2.23. The Morgan fingerprint density at radius 1 is 1.25 bits per heavy atom. The Hall–Kier alpha value is -2.71. The van der Waals surface area contributed by atoms with E-state index in [1.807, 2.05) is 34.3 Å². The average molecular weight is 383 g/mol. The van der Waals surface area contributed by atoms with Crippen LogP contribution in [0.3, 0.4) is 0 Å². The van der Waals surface area contributed by atoms with Crippen LogP contribution >= 0.6 is 0 Å². The van der Waals surface area contributed by atoms with Gasteiger partial charge < -0.3 is 19.0 Å². The maximum absolute atomic E-state index is 12.1. The topological polar surface area (TPSA) is 85.4 Å². The number of nitrogens with zero attached hydrogens (tertiary/aromatic N) is 5. The molecule has 1 aliphatic heterocycles. The fourth-order valence-corrected chi connectivity index (χ4v) is 3.99. The third-order valence-electron chi connectivity index (χ3n) is 5.39. The van der Waals surface area contributed by atoms with Crippen molar-refractivity contribution in [3.63, 3.8) is 0 Å². The summed E-state index contributed by atoms with van der Waals surface area (Å²) in [5.41, 5.74) is 3.35. The van der Waals surface area contributed by atoms with Crippen molar-refractivity contribution in [3.05, 3.63) is 47.2 Å².